The van der Waals surface area contributed by atoms with Gasteiger partial charge in [-0.15, -0.1) is 12.4 Å². The standard InChI is InChI=1S/C13H15N3O.ClH/c1-2-4-11-10(3-1)12-13(5-6-14-9-13)17-8-7-16(12)15-11;/h1-4,14H,5-9H2;1H. The number of aromatic nitrogens is 2. The topological polar surface area (TPSA) is 39.1 Å². The summed E-state index contributed by atoms with van der Waals surface area (Å²) in [6.45, 7) is 3.57. The average molecular weight is 266 g/mol. The van der Waals surface area contributed by atoms with Crippen molar-refractivity contribution >= 4 is 23.3 Å². The Labute approximate surface area is 112 Å². The number of fused-ring (bicyclic) bond motifs is 4. The first-order valence-corrected chi connectivity index (χ1v) is 6.20. The maximum atomic E-state index is 6.10. The summed E-state index contributed by atoms with van der Waals surface area (Å²) in [6.07, 6.45) is 1.04. The number of benzene rings is 1. The number of nitrogens with one attached hydrogen (secondary N) is 1. The van der Waals surface area contributed by atoms with E-state index < -0.39 is 0 Å². The van der Waals surface area contributed by atoms with Crippen LogP contribution in [0.3, 0.4) is 0 Å². The van der Waals surface area contributed by atoms with Crippen LogP contribution in [0, 0.1) is 0 Å². The van der Waals surface area contributed by atoms with Gasteiger partial charge < -0.3 is 10.1 Å². The van der Waals surface area contributed by atoms with Crippen molar-refractivity contribution in [2.45, 2.75) is 18.6 Å². The van der Waals surface area contributed by atoms with E-state index in [0.717, 1.165) is 38.2 Å². The van der Waals surface area contributed by atoms with E-state index in [2.05, 4.69) is 33.3 Å². The lowest BCUT2D eigenvalue weighted by atomic mass is 9.94. The normalized spacial score (nSPS) is 26.2. The van der Waals surface area contributed by atoms with Crippen LogP contribution in [-0.4, -0.2) is 29.5 Å². The molecule has 3 heterocycles. The molecule has 1 spiro atoms. The SMILES string of the molecule is Cl.c1ccc2c3n(nc2c1)CCOC31CCNC1. The number of rotatable bonds is 0. The van der Waals surface area contributed by atoms with Gasteiger partial charge in [0.1, 0.15) is 5.60 Å². The van der Waals surface area contributed by atoms with Crippen LogP contribution in [0.15, 0.2) is 24.3 Å². The van der Waals surface area contributed by atoms with E-state index in [1.807, 2.05) is 6.07 Å². The monoisotopic (exact) mass is 265 g/mol. The van der Waals surface area contributed by atoms with Crippen LogP contribution in [-0.2, 0) is 16.9 Å². The van der Waals surface area contributed by atoms with Crippen molar-refractivity contribution in [1.82, 2.24) is 15.1 Å². The molecule has 1 aromatic heterocycles. The Morgan fingerprint density at radius 3 is 3.06 bits per heavy atom. The first-order chi connectivity index (χ1) is 8.39. The maximum Gasteiger partial charge on any atom is 0.124 e. The van der Waals surface area contributed by atoms with Crippen LogP contribution in [0.4, 0.5) is 0 Å². The molecule has 0 bridgehead atoms. The van der Waals surface area contributed by atoms with Gasteiger partial charge in [0.05, 0.1) is 24.4 Å². The Hall–Kier alpha value is -1.10. The fraction of sp³-hybridized carbons (Fsp3) is 0.462. The van der Waals surface area contributed by atoms with E-state index in [1.54, 1.807) is 0 Å². The van der Waals surface area contributed by atoms with Gasteiger partial charge in [-0.05, 0) is 19.0 Å². The molecule has 18 heavy (non-hydrogen) atoms. The van der Waals surface area contributed by atoms with Gasteiger partial charge in [0.25, 0.3) is 0 Å². The highest BCUT2D eigenvalue weighted by atomic mass is 35.5. The Kier molecular flexibility index (Phi) is 2.81. The second-order valence-electron chi connectivity index (χ2n) is 4.86. The smallest absolute Gasteiger partial charge is 0.124 e. The number of hydrogen-bond donors (Lipinski definition) is 1. The molecule has 2 aliphatic heterocycles. The van der Waals surface area contributed by atoms with Crippen molar-refractivity contribution in [1.29, 1.82) is 0 Å². The lowest BCUT2D eigenvalue weighted by Crippen LogP contribution is -2.40. The predicted octanol–water partition coefficient (Wildman–Crippen LogP) is 1.68. The van der Waals surface area contributed by atoms with Crippen molar-refractivity contribution < 1.29 is 4.74 Å². The minimum atomic E-state index is -0.144. The molecule has 0 radical (unpaired) electrons. The van der Waals surface area contributed by atoms with Crippen LogP contribution < -0.4 is 5.32 Å². The number of halogens is 1. The Bertz CT molecular complexity index is 575. The number of ether oxygens (including phenoxy) is 1. The van der Waals surface area contributed by atoms with Crippen molar-refractivity contribution in [2.24, 2.45) is 0 Å². The van der Waals surface area contributed by atoms with E-state index in [0.29, 0.717) is 0 Å². The van der Waals surface area contributed by atoms with Gasteiger partial charge in [0.15, 0.2) is 0 Å². The molecule has 0 amide bonds. The third-order valence-electron chi connectivity index (χ3n) is 3.87. The van der Waals surface area contributed by atoms with Gasteiger partial charge in [0, 0.05) is 11.9 Å². The van der Waals surface area contributed by atoms with Crippen LogP contribution in [0.2, 0.25) is 0 Å². The summed E-state index contributed by atoms with van der Waals surface area (Å²) >= 11 is 0. The Balaban J connectivity index is 0.000001000. The van der Waals surface area contributed by atoms with Crippen LogP contribution in [0.5, 0.6) is 0 Å². The molecule has 5 heteroatoms. The molecular weight excluding hydrogens is 250 g/mol. The number of nitrogens with zero attached hydrogens (tertiary/aromatic N) is 2. The van der Waals surface area contributed by atoms with Crippen molar-refractivity contribution in [3.05, 3.63) is 30.0 Å². The second kappa shape index (κ2) is 4.23. The zero-order valence-corrected chi connectivity index (χ0v) is 10.9. The van der Waals surface area contributed by atoms with E-state index in [4.69, 9.17) is 4.74 Å². The predicted molar refractivity (Wildman–Crippen MR) is 72.1 cm³/mol. The molecule has 1 saturated heterocycles. The Morgan fingerprint density at radius 1 is 1.33 bits per heavy atom. The van der Waals surface area contributed by atoms with E-state index in [-0.39, 0.29) is 18.0 Å². The highest BCUT2D eigenvalue weighted by molar-refractivity contribution is 5.85. The summed E-state index contributed by atoms with van der Waals surface area (Å²) in [5, 5.41) is 9.34. The van der Waals surface area contributed by atoms with Gasteiger partial charge in [-0.1, -0.05) is 18.2 Å². The minimum Gasteiger partial charge on any atom is -0.365 e. The quantitative estimate of drug-likeness (QED) is 0.788. The molecule has 1 N–H and O–H groups in total. The van der Waals surface area contributed by atoms with Crippen LogP contribution >= 0.6 is 12.4 Å². The molecule has 1 atom stereocenters. The highest BCUT2D eigenvalue weighted by Gasteiger charge is 2.43. The summed E-state index contributed by atoms with van der Waals surface area (Å²) in [4.78, 5) is 0. The average Bonchev–Trinajstić information content (AvgIpc) is 2.94. The van der Waals surface area contributed by atoms with Crippen molar-refractivity contribution in [3.8, 4) is 0 Å². The number of hydrogen-bond acceptors (Lipinski definition) is 3. The summed E-state index contributed by atoms with van der Waals surface area (Å²) in [5.41, 5.74) is 2.21. The molecule has 1 unspecified atom stereocenters. The molecule has 1 fully saturated rings. The molecule has 0 aliphatic carbocycles. The fourth-order valence-corrected chi connectivity index (χ4v) is 3.11. The molecule has 0 saturated carbocycles. The van der Waals surface area contributed by atoms with Crippen molar-refractivity contribution in [3.63, 3.8) is 0 Å². The second-order valence-corrected chi connectivity index (χ2v) is 4.86. The zero-order valence-electron chi connectivity index (χ0n) is 10.1. The molecule has 96 valence electrons. The van der Waals surface area contributed by atoms with E-state index >= 15 is 0 Å². The summed E-state index contributed by atoms with van der Waals surface area (Å²) in [7, 11) is 0. The highest BCUT2D eigenvalue weighted by Crippen LogP contribution is 2.38. The van der Waals surface area contributed by atoms with E-state index in [1.165, 1.54) is 11.1 Å². The molecule has 2 aliphatic rings. The molecule has 1 aromatic carbocycles. The maximum absolute atomic E-state index is 6.10. The van der Waals surface area contributed by atoms with Gasteiger partial charge in [-0.2, -0.15) is 5.10 Å². The largest absolute Gasteiger partial charge is 0.365 e. The minimum absolute atomic E-state index is 0. The summed E-state index contributed by atoms with van der Waals surface area (Å²) in [5.74, 6) is 0. The molecule has 4 rings (SSSR count). The zero-order chi connectivity index (χ0) is 11.3. The first kappa shape index (κ1) is 12.0. The third-order valence-corrected chi connectivity index (χ3v) is 3.87. The summed E-state index contributed by atoms with van der Waals surface area (Å²) < 4.78 is 8.24. The lowest BCUT2D eigenvalue weighted by Gasteiger charge is -2.33. The fourth-order valence-electron chi connectivity index (χ4n) is 3.11. The van der Waals surface area contributed by atoms with Crippen LogP contribution in [0.25, 0.3) is 10.9 Å². The van der Waals surface area contributed by atoms with Crippen molar-refractivity contribution in [2.75, 3.05) is 19.7 Å². The van der Waals surface area contributed by atoms with Gasteiger partial charge in [-0.25, -0.2) is 0 Å². The van der Waals surface area contributed by atoms with Gasteiger partial charge >= 0.3 is 0 Å². The molecule has 2 aromatic rings. The van der Waals surface area contributed by atoms with Gasteiger partial charge in [-0.3, -0.25) is 4.68 Å². The Morgan fingerprint density at radius 2 is 2.22 bits per heavy atom. The summed E-state index contributed by atoms with van der Waals surface area (Å²) in [6, 6.07) is 8.36. The lowest BCUT2D eigenvalue weighted by molar-refractivity contribution is -0.0645. The van der Waals surface area contributed by atoms with E-state index in [9.17, 15) is 0 Å². The van der Waals surface area contributed by atoms with Crippen LogP contribution in [0.1, 0.15) is 12.1 Å². The van der Waals surface area contributed by atoms with Gasteiger partial charge in [0.2, 0.25) is 0 Å². The first-order valence-electron chi connectivity index (χ1n) is 6.20. The molecule has 4 nitrogen and oxygen atoms in total. The third kappa shape index (κ3) is 1.49. The molecular formula is C13H16ClN3O.